The molecule has 0 bridgehead atoms. The van der Waals surface area contributed by atoms with E-state index < -0.39 is 12.2 Å². The van der Waals surface area contributed by atoms with Crippen molar-refractivity contribution in [1.29, 1.82) is 0 Å². The second-order valence-electron chi connectivity index (χ2n) is 9.76. The zero-order chi connectivity index (χ0) is 19.4. The van der Waals surface area contributed by atoms with Gasteiger partial charge in [-0.15, -0.1) is 0 Å². The van der Waals surface area contributed by atoms with E-state index in [1.165, 1.54) is 63.4 Å². The van der Waals surface area contributed by atoms with Gasteiger partial charge in [-0.25, -0.2) is 0 Å². The van der Waals surface area contributed by atoms with Crippen LogP contribution >= 0.6 is 0 Å². The summed E-state index contributed by atoms with van der Waals surface area (Å²) in [6, 6.07) is 0. The first kappa shape index (κ1) is 20.9. The number of allylic oxidation sites excluding steroid dienone is 3. The van der Waals surface area contributed by atoms with Crippen LogP contribution in [0, 0.1) is 23.7 Å². The maximum atomic E-state index is 10.1. The molecular formula is C25H40O2. The Balaban J connectivity index is 1.57. The lowest BCUT2D eigenvalue weighted by Crippen LogP contribution is -2.27. The van der Waals surface area contributed by atoms with Gasteiger partial charge >= 0.3 is 0 Å². The molecule has 0 spiro atoms. The van der Waals surface area contributed by atoms with E-state index in [4.69, 9.17) is 0 Å². The fourth-order valence-corrected chi connectivity index (χ4v) is 5.72. The number of hydrogen-bond donors (Lipinski definition) is 2. The van der Waals surface area contributed by atoms with E-state index in [0.29, 0.717) is 18.4 Å². The van der Waals surface area contributed by atoms with Crippen LogP contribution in [0.1, 0.15) is 84.5 Å². The summed E-state index contributed by atoms with van der Waals surface area (Å²) in [5.74, 6) is 3.48. The summed E-state index contributed by atoms with van der Waals surface area (Å²) in [5.41, 5.74) is 3.38. The molecule has 0 aliphatic heterocycles. The number of hydrogen-bond acceptors (Lipinski definition) is 2. The summed E-state index contributed by atoms with van der Waals surface area (Å²) in [7, 11) is 0. The molecule has 0 amide bonds. The fraction of sp³-hybridized carbons (Fsp3) is 0.760. The molecule has 0 aromatic rings. The molecule has 0 radical (unpaired) electrons. The van der Waals surface area contributed by atoms with E-state index in [-0.39, 0.29) is 0 Å². The predicted octanol–water partition coefficient (Wildman–Crippen LogP) is 5.95. The Hall–Kier alpha value is -0.860. The van der Waals surface area contributed by atoms with Crippen LogP contribution < -0.4 is 0 Å². The van der Waals surface area contributed by atoms with Crippen LogP contribution in [0.5, 0.6) is 0 Å². The van der Waals surface area contributed by atoms with Crippen LogP contribution in [0.3, 0.4) is 0 Å². The summed E-state index contributed by atoms with van der Waals surface area (Å²) < 4.78 is 0. The first-order valence-electron chi connectivity index (χ1n) is 11.4. The molecule has 2 N–H and O–H groups in total. The minimum Gasteiger partial charge on any atom is -0.388 e. The van der Waals surface area contributed by atoms with E-state index in [9.17, 15) is 10.2 Å². The molecule has 3 rings (SSSR count). The number of unbranched alkanes of at least 4 members (excludes halogenated alkanes) is 1. The second kappa shape index (κ2) is 9.56. The smallest absolute Gasteiger partial charge is 0.0809 e. The average Bonchev–Trinajstić information content (AvgIpc) is 3.05. The van der Waals surface area contributed by atoms with Crippen LogP contribution in [-0.4, -0.2) is 22.4 Å². The molecule has 3 saturated carbocycles. The normalized spacial score (nSPS) is 35.7. The quantitative estimate of drug-likeness (QED) is 0.446. The molecule has 3 aliphatic rings. The van der Waals surface area contributed by atoms with Crippen LogP contribution in [0.2, 0.25) is 0 Å². The van der Waals surface area contributed by atoms with Crippen LogP contribution in [-0.2, 0) is 0 Å². The van der Waals surface area contributed by atoms with Crippen molar-refractivity contribution in [3.8, 4) is 0 Å². The Morgan fingerprint density at radius 2 is 1.78 bits per heavy atom. The molecule has 0 heterocycles. The van der Waals surface area contributed by atoms with E-state index in [1.807, 2.05) is 0 Å². The van der Waals surface area contributed by atoms with Crippen molar-refractivity contribution in [3.63, 3.8) is 0 Å². The SMILES string of the molecule is C=C1[C@H](O)CC(=C/C=C2/CCC[C@@H]3[C@@H](CCCCC(C)C)CC[C@@H]23)C[C@H]1O. The lowest BCUT2D eigenvalue weighted by atomic mass is 9.73. The molecule has 0 unspecified atom stereocenters. The highest BCUT2D eigenvalue weighted by Crippen LogP contribution is 2.50. The summed E-state index contributed by atoms with van der Waals surface area (Å²) in [4.78, 5) is 0. The van der Waals surface area contributed by atoms with E-state index in [0.717, 1.165) is 23.7 Å². The lowest BCUT2D eigenvalue weighted by Gasteiger charge is -2.32. The highest BCUT2D eigenvalue weighted by molar-refractivity contribution is 5.28. The van der Waals surface area contributed by atoms with Crippen LogP contribution in [0.25, 0.3) is 0 Å². The number of fused-ring (bicyclic) bond motifs is 1. The van der Waals surface area contributed by atoms with Gasteiger partial charge in [0.25, 0.3) is 0 Å². The average molecular weight is 373 g/mol. The third kappa shape index (κ3) is 5.35. The van der Waals surface area contributed by atoms with Crippen molar-refractivity contribution in [1.82, 2.24) is 0 Å². The highest BCUT2D eigenvalue weighted by atomic mass is 16.3. The monoisotopic (exact) mass is 372 g/mol. The van der Waals surface area contributed by atoms with Crippen molar-refractivity contribution in [2.45, 2.75) is 96.7 Å². The Bertz CT molecular complexity index is 555. The van der Waals surface area contributed by atoms with E-state index >= 15 is 0 Å². The molecule has 0 aromatic carbocycles. The first-order chi connectivity index (χ1) is 13.0. The van der Waals surface area contributed by atoms with Crippen molar-refractivity contribution >= 4 is 0 Å². The van der Waals surface area contributed by atoms with Gasteiger partial charge in [-0.05, 0) is 74.2 Å². The van der Waals surface area contributed by atoms with Gasteiger partial charge in [0.1, 0.15) is 0 Å². The number of aliphatic hydroxyl groups is 2. The van der Waals surface area contributed by atoms with Gasteiger partial charge in [-0.1, -0.05) is 69.4 Å². The van der Waals surface area contributed by atoms with Gasteiger partial charge < -0.3 is 10.2 Å². The molecule has 3 fully saturated rings. The summed E-state index contributed by atoms with van der Waals surface area (Å²) in [6.45, 7) is 8.47. The van der Waals surface area contributed by atoms with Gasteiger partial charge in [-0.2, -0.15) is 0 Å². The van der Waals surface area contributed by atoms with Crippen LogP contribution in [0.15, 0.2) is 35.5 Å². The maximum absolute atomic E-state index is 10.1. The second-order valence-corrected chi connectivity index (χ2v) is 9.76. The fourth-order valence-electron chi connectivity index (χ4n) is 5.72. The van der Waals surface area contributed by atoms with Crippen molar-refractivity contribution in [2.75, 3.05) is 0 Å². The molecule has 2 nitrogen and oxygen atoms in total. The van der Waals surface area contributed by atoms with Gasteiger partial charge in [0.05, 0.1) is 12.2 Å². The van der Waals surface area contributed by atoms with E-state index in [2.05, 4.69) is 32.6 Å². The Labute approximate surface area is 166 Å². The standard InChI is InChI=1S/C25H40O2/c1-17(2)7-4-5-8-20-13-14-23-21(9-6-10-22(20)23)12-11-19-15-24(26)18(3)25(27)16-19/h11-12,17,20,22-27H,3-10,13-16H2,1-2H3/b21-12-/t20-,22+,23-,24+,25+/m0/s1. The van der Waals surface area contributed by atoms with Gasteiger partial charge in [0.2, 0.25) is 0 Å². The molecule has 27 heavy (non-hydrogen) atoms. The van der Waals surface area contributed by atoms with Crippen molar-refractivity contribution in [3.05, 3.63) is 35.5 Å². The first-order valence-corrected chi connectivity index (χ1v) is 11.4. The minimum absolute atomic E-state index is 0.577. The summed E-state index contributed by atoms with van der Waals surface area (Å²) >= 11 is 0. The molecule has 5 atom stereocenters. The molecular weight excluding hydrogens is 332 g/mol. The summed E-state index contributed by atoms with van der Waals surface area (Å²) in [6.07, 6.45) is 17.1. The third-order valence-electron chi connectivity index (χ3n) is 7.36. The highest BCUT2D eigenvalue weighted by Gasteiger charge is 2.39. The van der Waals surface area contributed by atoms with Gasteiger partial charge in [-0.3, -0.25) is 0 Å². The van der Waals surface area contributed by atoms with Gasteiger partial charge in [0.15, 0.2) is 0 Å². The maximum Gasteiger partial charge on any atom is 0.0809 e. The van der Waals surface area contributed by atoms with Crippen molar-refractivity contribution in [2.24, 2.45) is 23.7 Å². The molecule has 2 heteroatoms. The Morgan fingerprint density at radius 1 is 1.04 bits per heavy atom. The predicted molar refractivity (Wildman–Crippen MR) is 113 cm³/mol. The molecule has 0 aromatic heterocycles. The van der Waals surface area contributed by atoms with Crippen molar-refractivity contribution < 1.29 is 10.2 Å². The Morgan fingerprint density at radius 3 is 2.48 bits per heavy atom. The Kier molecular flexibility index (Phi) is 7.39. The molecule has 0 saturated heterocycles. The largest absolute Gasteiger partial charge is 0.388 e. The number of aliphatic hydroxyl groups excluding tert-OH is 2. The third-order valence-corrected chi connectivity index (χ3v) is 7.36. The zero-order valence-corrected chi connectivity index (χ0v) is 17.5. The summed E-state index contributed by atoms with van der Waals surface area (Å²) in [5, 5.41) is 20.1. The lowest BCUT2D eigenvalue weighted by molar-refractivity contribution is 0.123. The zero-order valence-electron chi connectivity index (χ0n) is 17.5. The topological polar surface area (TPSA) is 40.5 Å². The van der Waals surface area contributed by atoms with Gasteiger partial charge in [0, 0.05) is 0 Å². The number of rotatable bonds is 6. The van der Waals surface area contributed by atoms with E-state index in [1.54, 1.807) is 5.57 Å². The molecule has 3 aliphatic carbocycles. The molecule has 152 valence electrons. The minimum atomic E-state index is -0.584. The van der Waals surface area contributed by atoms with Crippen LogP contribution in [0.4, 0.5) is 0 Å².